The maximum Gasteiger partial charge on any atom is 0.310 e. The van der Waals surface area contributed by atoms with E-state index in [1.807, 2.05) is 48.5 Å². The quantitative estimate of drug-likeness (QED) is 0.692. The van der Waals surface area contributed by atoms with Crippen LogP contribution >= 0.6 is 0 Å². The Morgan fingerprint density at radius 2 is 1.82 bits per heavy atom. The third kappa shape index (κ3) is 4.63. The second-order valence-corrected chi connectivity index (χ2v) is 7.15. The zero-order valence-corrected chi connectivity index (χ0v) is 15.9. The Kier molecular flexibility index (Phi) is 6.19. The number of benzene rings is 2. The van der Waals surface area contributed by atoms with Crippen LogP contribution in [-0.4, -0.2) is 24.1 Å². The third-order valence-corrected chi connectivity index (χ3v) is 5.22. The lowest BCUT2D eigenvalue weighted by Gasteiger charge is -2.36. The van der Waals surface area contributed by atoms with Gasteiger partial charge in [-0.2, -0.15) is 0 Å². The van der Waals surface area contributed by atoms with Crippen molar-refractivity contribution in [3.05, 3.63) is 59.7 Å². The highest BCUT2D eigenvalue weighted by molar-refractivity contribution is 5.85. The van der Waals surface area contributed by atoms with Gasteiger partial charge < -0.3 is 19.9 Å². The predicted octanol–water partition coefficient (Wildman–Crippen LogP) is 3.54. The normalized spacial score (nSPS) is 14.6. The Labute approximate surface area is 164 Å². The Bertz CT molecular complexity index is 830. The molecule has 0 unspecified atom stereocenters. The van der Waals surface area contributed by atoms with Crippen LogP contribution in [0.2, 0.25) is 0 Å². The minimum absolute atomic E-state index is 0.0255. The van der Waals surface area contributed by atoms with Gasteiger partial charge in [0.1, 0.15) is 6.61 Å². The molecular weight excluding hydrogens is 358 g/mol. The molecule has 1 aliphatic carbocycles. The van der Waals surface area contributed by atoms with Gasteiger partial charge in [0, 0.05) is 13.0 Å². The summed E-state index contributed by atoms with van der Waals surface area (Å²) in [5.41, 5.74) is 1.04. The van der Waals surface area contributed by atoms with Crippen LogP contribution in [0.4, 0.5) is 0 Å². The third-order valence-electron chi connectivity index (χ3n) is 5.22. The highest BCUT2D eigenvalue weighted by Crippen LogP contribution is 2.44. The minimum Gasteiger partial charge on any atom is -0.493 e. The molecule has 2 aromatic rings. The summed E-state index contributed by atoms with van der Waals surface area (Å²) >= 11 is 0. The predicted molar refractivity (Wildman–Crippen MR) is 104 cm³/mol. The van der Waals surface area contributed by atoms with Crippen molar-refractivity contribution in [3.8, 4) is 11.5 Å². The number of ether oxygens (including phenoxy) is 2. The summed E-state index contributed by atoms with van der Waals surface area (Å²) in [5, 5.41) is 12.1. The van der Waals surface area contributed by atoms with E-state index in [1.54, 1.807) is 7.11 Å². The molecule has 148 valence electrons. The first-order valence-corrected chi connectivity index (χ1v) is 9.36. The van der Waals surface area contributed by atoms with Crippen molar-refractivity contribution in [1.29, 1.82) is 0 Å². The average Bonchev–Trinajstić information content (AvgIpc) is 2.68. The van der Waals surface area contributed by atoms with E-state index in [-0.39, 0.29) is 12.3 Å². The summed E-state index contributed by atoms with van der Waals surface area (Å²) in [6.07, 6.45) is 2.02. The molecule has 0 bridgehead atoms. The van der Waals surface area contributed by atoms with Crippen molar-refractivity contribution in [2.24, 2.45) is 5.41 Å². The lowest BCUT2D eigenvalue weighted by Crippen LogP contribution is -2.42. The summed E-state index contributed by atoms with van der Waals surface area (Å²) in [6, 6.07) is 15.3. The van der Waals surface area contributed by atoms with Gasteiger partial charge in [-0.05, 0) is 36.1 Å². The van der Waals surface area contributed by atoms with Crippen molar-refractivity contribution in [1.82, 2.24) is 5.32 Å². The molecule has 0 spiro atoms. The number of nitrogens with one attached hydrogen (secondary N) is 1. The summed E-state index contributed by atoms with van der Waals surface area (Å²) in [6.45, 7) is 0.744. The van der Waals surface area contributed by atoms with Crippen LogP contribution in [-0.2, 0) is 22.7 Å². The SMILES string of the molecule is COc1cc(CNC(=O)CC2(C(=O)O)CCC2)ccc1OCc1ccccc1. The smallest absolute Gasteiger partial charge is 0.310 e. The number of hydrogen-bond acceptors (Lipinski definition) is 4. The van der Waals surface area contributed by atoms with Crippen LogP contribution in [0.15, 0.2) is 48.5 Å². The second-order valence-electron chi connectivity index (χ2n) is 7.15. The van der Waals surface area contributed by atoms with Gasteiger partial charge >= 0.3 is 5.97 Å². The molecule has 3 rings (SSSR count). The number of carbonyl (C=O) groups is 2. The first-order chi connectivity index (χ1) is 13.5. The largest absolute Gasteiger partial charge is 0.493 e. The van der Waals surface area contributed by atoms with E-state index in [1.165, 1.54) is 0 Å². The highest BCUT2D eigenvalue weighted by Gasteiger charge is 2.45. The van der Waals surface area contributed by atoms with Crippen LogP contribution in [0.5, 0.6) is 11.5 Å². The van der Waals surface area contributed by atoms with Gasteiger partial charge in [0.2, 0.25) is 5.91 Å². The Balaban J connectivity index is 1.56. The van der Waals surface area contributed by atoms with Gasteiger partial charge in [-0.25, -0.2) is 0 Å². The number of carbonyl (C=O) groups excluding carboxylic acids is 1. The molecular formula is C22H25NO5. The molecule has 2 N–H and O–H groups in total. The van der Waals surface area contributed by atoms with Crippen molar-refractivity contribution in [2.45, 2.75) is 38.8 Å². The molecule has 6 nitrogen and oxygen atoms in total. The second kappa shape index (κ2) is 8.78. The molecule has 0 heterocycles. The summed E-state index contributed by atoms with van der Waals surface area (Å²) in [5.74, 6) is 0.0883. The van der Waals surface area contributed by atoms with Crippen LogP contribution in [0, 0.1) is 5.41 Å². The Hall–Kier alpha value is -3.02. The van der Waals surface area contributed by atoms with Gasteiger partial charge in [0.05, 0.1) is 12.5 Å². The highest BCUT2D eigenvalue weighted by atomic mass is 16.5. The summed E-state index contributed by atoms with van der Waals surface area (Å²) in [7, 11) is 1.57. The van der Waals surface area contributed by atoms with Crippen molar-refractivity contribution in [2.75, 3.05) is 7.11 Å². The fourth-order valence-corrected chi connectivity index (χ4v) is 3.32. The topological polar surface area (TPSA) is 84.9 Å². The van der Waals surface area contributed by atoms with Gasteiger partial charge in [-0.1, -0.05) is 42.8 Å². The van der Waals surface area contributed by atoms with Crippen LogP contribution in [0.3, 0.4) is 0 Å². The van der Waals surface area contributed by atoms with Gasteiger partial charge in [0.25, 0.3) is 0 Å². The fourth-order valence-electron chi connectivity index (χ4n) is 3.32. The zero-order valence-electron chi connectivity index (χ0n) is 15.9. The molecule has 0 aromatic heterocycles. The molecule has 1 saturated carbocycles. The van der Waals surface area contributed by atoms with E-state index in [0.717, 1.165) is 17.5 Å². The number of amides is 1. The van der Waals surface area contributed by atoms with Crippen LogP contribution in [0.25, 0.3) is 0 Å². The Morgan fingerprint density at radius 1 is 1.07 bits per heavy atom. The summed E-state index contributed by atoms with van der Waals surface area (Å²) in [4.78, 5) is 23.6. The van der Waals surface area contributed by atoms with E-state index in [4.69, 9.17) is 9.47 Å². The van der Waals surface area contributed by atoms with E-state index >= 15 is 0 Å². The van der Waals surface area contributed by atoms with E-state index < -0.39 is 11.4 Å². The molecule has 1 fully saturated rings. The van der Waals surface area contributed by atoms with Gasteiger partial charge in [-0.15, -0.1) is 0 Å². The average molecular weight is 383 g/mol. The van der Waals surface area contributed by atoms with Gasteiger partial charge in [0.15, 0.2) is 11.5 Å². The molecule has 0 saturated heterocycles. The van der Waals surface area contributed by atoms with Crippen LogP contribution < -0.4 is 14.8 Å². The van der Waals surface area contributed by atoms with Crippen molar-refractivity contribution in [3.63, 3.8) is 0 Å². The lowest BCUT2D eigenvalue weighted by molar-refractivity contribution is -0.157. The first-order valence-electron chi connectivity index (χ1n) is 9.36. The molecule has 0 radical (unpaired) electrons. The number of hydrogen-bond donors (Lipinski definition) is 2. The number of carboxylic acid groups (broad SMARTS) is 1. The fraction of sp³-hybridized carbons (Fsp3) is 0.364. The number of aliphatic carboxylic acids is 1. The first kappa shape index (κ1) is 19.7. The minimum atomic E-state index is -0.879. The molecule has 6 heteroatoms. The summed E-state index contributed by atoms with van der Waals surface area (Å²) < 4.78 is 11.2. The monoisotopic (exact) mass is 383 g/mol. The lowest BCUT2D eigenvalue weighted by atomic mass is 9.66. The molecule has 1 amide bonds. The van der Waals surface area contributed by atoms with Gasteiger partial charge in [-0.3, -0.25) is 9.59 Å². The van der Waals surface area contributed by atoms with Crippen molar-refractivity contribution < 1.29 is 24.2 Å². The maximum absolute atomic E-state index is 12.2. The van der Waals surface area contributed by atoms with E-state index in [2.05, 4.69) is 5.32 Å². The Morgan fingerprint density at radius 3 is 2.43 bits per heavy atom. The number of methoxy groups -OCH3 is 1. The molecule has 0 aliphatic heterocycles. The number of rotatable bonds is 9. The molecule has 1 aliphatic rings. The van der Waals surface area contributed by atoms with Crippen LogP contribution in [0.1, 0.15) is 36.8 Å². The number of carboxylic acids is 1. The standard InChI is InChI=1S/C22H25NO5/c1-27-19-12-17(8-9-18(19)28-15-16-6-3-2-4-7-16)14-23-20(24)13-22(21(25)26)10-5-11-22/h2-4,6-9,12H,5,10-11,13-15H2,1H3,(H,23,24)(H,25,26). The van der Waals surface area contributed by atoms with E-state index in [9.17, 15) is 14.7 Å². The molecule has 0 atom stereocenters. The molecule has 2 aromatic carbocycles. The molecule has 28 heavy (non-hydrogen) atoms. The van der Waals surface area contributed by atoms with Crippen molar-refractivity contribution >= 4 is 11.9 Å². The van der Waals surface area contributed by atoms with E-state index in [0.29, 0.717) is 37.5 Å². The maximum atomic E-state index is 12.2. The zero-order chi connectivity index (χ0) is 20.0.